The zero-order valence-corrected chi connectivity index (χ0v) is 11.2. The Hall–Kier alpha value is -0.610. The van der Waals surface area contributed by atoms with Gasteiger partial charge < -0.3 is 9.64 Å². The van der Waals surface area contributed by atoms with Gasteiger partial charge in [-0.1, -0.05) is 12.8 Å². The van der Waals surface area contributed by atoms with Crippen molar-refractivity contribution < 1.29 is 9.53 Å². The summed E-state index contributed by atoms with van der Waals surface area (Å²) in [5, 5.41) is 3.45. The molecule has 18 heavy (non-hydrogen) atoms. The van der Waals surface area contributed by atoms with Gasteiger partial charge in [0.25, 0.3) is 0 Å². The Kier molecular flexibility index (Phi) is 3.57. The molecule has 1 saturated carbocycles. The Morgan fingerprint density at radius 2 is 2.06 bits per heavy atom. The lowest BCUT2D eigenvalue weighted by atomic mass is 9.98. The van der Waals surface area contributed by atoms with Crippen LogP contribution in [-0.2, 0) is 9.53 Å². The molecule has 3 fully saturated rings. The Balaban J connectivity index is 1.72. The summed E-state index contributed by atoms with van der Waals surface area (Å²) in [6.45, 7) is 3.45. The molecule has 0 aromatic heterocycles. The van der Waals surface area contributed by atoms with E-state index in [1.165, 1.54) is 25.7 Å². The van der Waals surface area contributed by atoms with Gasteiger partial charge in [-0.05, 0) is 38.5 Å². The Labute approximate surface area is 109 Å². The summed E-state index contributed by atoms with van der Waals surface area (Å²) < 4.78 is 5.61. The summed E-state index contributed by atoms with van der Waals surface area (Å²) in [6.07, 6.45) is 7.80. The van der Waals surface area contributed by atoms with Gasteiger partial charge in [-0.3, -0.25) is 10.1 Å². The van der Waals surface area contributed by atoms with Gasteiger partial charge in [0.15, 0.2) is 0 Å². The van der Waals surface area contributed by atoms with E-state index in [0.29, 0.717) is 36.7 Å². The van der Waals surface area contributed by atoms with Crippen LogP contribution >= 0.6 is 0 Å². The van der Waals surface area contributed by atoms with Crippen molar-refractivity contribution >= 4 is 5.91 Å². The van der Waals surface area contributed by atoms with Crippen LogP contribution in [0.1, 0.15) is 45.4 Å². The second kappa shape index (κ2) is 5.17. The first-order valence-corrected chi connectivity index (χ1v) is 7.42. The number of carbonyl (C=O) groups is 1. The molecule has 3 atom stereocenters. The van der Waals surface area contributed by atoms with Crippen molar-refractivity contribution in [1.82, 2.24) is 10.2 Å². The van der Waals surface area contributed by atoms with Gasteiger partial charge in [0.1, 0.15) is 0 Å². The predicted octanol–water partition coefficient (Wildman–Crippen LogP) is 1.50. The average molecular weight is 252 g/mol. The van der Waals surface area contributed by atoms with E-state index in [2.05, 4.69) is 17.1 Å². The summed E-state index contributed by atoms with van der Waals surface area (Å²) in [6, 6.07) is 0.391. The largest absolute Gasteiger partial charge is 0.378 e. The fourth-order valence-corrected chi connectivity index (χ4v) is 3.86. The van der Waals surface area contributed by atoms with Crippen molar-refractivity contribution in [1.29, 1.82) is 0 Å². The maximum absolute atomic E-state index is 12.2. The van der Waals surface area contributed by atoms with Crippen molar-refractivity contribution in [3.05, 3.63) is 0 Å². The van der Waals surface area contributed by atoms with E-state index in [9.17, 15) is 4.79 Å². The molecule has 2 aliphatic heterocycles. The predicted molar refractivity (Wildman–Crippen MR) is 69.0 cm³/mol. The molecular formula is C14H24N2O2. The van der Waals surface area contributed by atoms with E-state index in [4.69, 9.17) is 4.74 Å². The summed E-state index contributed by atoms with van der Waals surface area (Å²) in [5.41, 5.74) is 0. The molecule has 1 aliphatic carbocycles. The summed E-state index contributed by atoms with van der Waals surface area (Å²) in [7, 11) is 0. The molecule has 2 saturated heterocycles. The Bertz CT molecular complexity index is 315. The molecule has 0 spiro atoms. The molecule has 4 heteroatoms. The number of rotatable bonds is 2. The molecule has 0 bridgehead atoms. The standard InChI is InChI=1S/C14H24N2O2/c1-10-8-12(6-7-18-10)16-13(17)9-15-14(16)11-4-2-3-5-11/h10-12,14-15H,2-9H2,1H3. The normalized spacial score (nSPS) is 38.6. The Morgan fingerprint density at radius 1 is 1.28 bits per heavy atom. The molecule has 0 aromatic carbocycles. The van der Waals surface area contributed by atoms with E-state index >= 15 is 0 Å². The molecule has 0 aromatic rings. The third-order valence-corrected chi connectivity index (χ3v) is 4.75. The number of ether oxygens (including phenoxy) is 1. The van der Waals surface area contributed by atoms with E-state index in [-0.39, 0.29) is 0 Å². The fraction of sp³-hybridized carbons (Fsp3) is 0.929. The van der Waals surface area contributed by atoms with Gasteiger partial charge in [-0.2, -0.15) is 0 Å². The van der Waals surface area contributed by atoms with E-state index in [0.717, 1.165) is 19.4 Å². The highest BCUT2D eigenvalue weighted by atomic mass is 16.5. The number of nitrogens with zero attached hydrogens (tertiary/aromatic N) is 1. The van der Waals surface area contributed by atoms with Crippen LogP contribution in [0.5, 0.6) is 0 Å². The lowest BCUT2D eigenvalue weighted by Gasteiger charge is -2.39. The first kappa shape index (κ1) is 12.4. The third-order valence-electron chi connectivity index (χ3n) is 4.75. The highest BCUT2D eigenvalue weighted by Gasteiger charge is 2.41. The van der Waals surface area contributed by atoms with Gasteiger partial charge >= 0.3 is 0 Å². The summed E-state index contributed by atoms with van der Waals surface area (Å²) in [5.74, 6) is 0.973. The second-order valence-corrected chi connectivity index (χ2v) is 6.03. The topological polar surface area (TPSA) is 41.6 Å². The zero-order valence-electron chi connectivity index (χ0n) is 11.2. The smallest absolute Gasteiger partial charge is 0.238 e. The molecule has 2 heterocycles. The van der Waals surface area contributed by atoms with Crippen LogP contribution in [0.4, 0.5) is 0 Å². The maximum Gasteiger partial charge on any atom is 0.238 e. The summed E-state index contributed by atoms with van der Waals surface area (Å²) >= 11 is 0. The number of hydrogen-bond donors (Lipinski definition) is 1. The minimum Gasteiger partial charge on any atom is -0.378 e. The van der Waals surface area contributed by atoms with Crippen molar-refractivity contribution in [2.45, 2.75) is 63.8 Å². The molecule has 1 N–H and O–H groups in total. The monoisotopic (exact) mass is 252 g/mol. The summed E-state index contributed by atoms with van der Waals surface area (Å²) in [4.78, 5) is 14.3. The molecule has 0 radical (unpaired) electrons. The molecular weight excluding hydrogens is 228 g/mol. The van der Waals surface area contributed by atoms with Crippen LogP contribution in [0.3, 0.4) is 0 Å². The van der Waals surface area contributed by atoms with Crippen molar-refractivity contribution in [2.24, 2.45) is 5.92 Å². The van der Waals surface area contributed by atoms with Crippen LogP contribution < -0.4 is 5.32 Å². The van der Waals surface area contributed by atoms with Crippen LogP contribution in [-0.4, -0.2) is 42.3 Å². The highest BCUT2D eigenvalue weighted by molar-refractivity contribution is 5.81. The second-order valence-electron chi connectivity index (χ2n) is 6.03. The average Bonchev–Trinajstić information content (AvgIpc) is 2.97. The Morgan fingerprint density at radius 3 is 2.78 bits per heavy atom. The molecule has 3 rings (SSSR count). The lowest BCUT2D eigenvalue weighted by molar-refractivity contribution is -0.134. The zero-order chi connectivity index (χ0) is 12.5. The van der Waals surface area contributed by atoms with Crippen LogP contribution in [0, 0.1) is 5.92 Å². The number of amides is 1. The first-order valence-electron chi connectivity index (χ1n) is 7.42. The van der Waals surface area contributed by atoms with E-state index in [1.807, 2.05) is 0 Å². The van der Waals surface area contributed by atoms with Gasteiger partial charge in [0, 0.05) is 12.6 Å². The molecule has 3 aliphatic rings. The molecule has 102 valence electrons. The number of carbonyl (C=O) groups excluding carboxylic acids is 1. The number of hydrogen-bond acceptors (Lipinski definition) is 3. The van der Waals surface area contributed by atoms with E-state index in [1.54, 1.807) is 0 Å². The first-order chi connectivity index (χ1) is 8.75. The third kappa shape index (κ3) is 2.28. The van der Waals surface area contributed by atoms with E-state index < -0.39 is 0 Å². The van der Waals surface area contributed by atoms with Gasteiger partial charge in [-0.25, -0.2) is 0 Å². The molecule has 1 amide bonds. The highest BCUT2D eigenvalue weighted by Crippen LogP contribution is 2.33. The minimum atomic E-state index is 0.293. The van der Waals surface area contributed by atoms with Gasteiger partial charge in [0.2, 0.25) is 5.91 Å². The maximum atomic E-state index is 12.2. The van der Waals surface area contributed by atoms with Gasteiger partial charge in [-0.15, -0.1) is 0 Å². The van der Waals surface area contributed by atoms with Crippen molar-refractivity contribution in [2.75, 3.05) is 13.2 Å². The quantitative estimate of drug-likeness (QED) is 0.810. The van der Waals surface area contributed by atoms with Crippen LogP contribution in [0.2, 0.25) is 0 Å². The van der Waals surface area contributed by atoms with Crippen LogP contribution in [0.15, 0.2) is 0 Å². The molecule has 3 unspecified atom stereocenters. The SMILES string of the molecule is CC1CC(N2C(=O)CNC2C2CCCC2)CCO1. The minimum absolute atomic E-state index is 0.293. The van der Waals surface area contributed by atoms with Gasteiger partial charge in [0.05, 0.1) is 18.8 Å². The fourth-order valence-electron chi connectivity index (χ4n) is 3.86. The lowest BCUT2D eigenvalue weighted by Crippen LogP contribution is -2.50. The van der Waals surface area contributed by atoms with Crippen molar-refractivity contribution in [3.8, 4) is 0 Å². The number of nitrogens with one attached hydrogen (secondary N) is 1. The van der Waals surface area contributed by atoms with Crippen molar-refractivity contribution in [3.63, 3.8) is 0 Å². The van der Waals surface area contributed by atoms with Crippen LogP contribution in [0.25, 0.3) is 0 Å². The molecule has 4 nitrogen and oxygen atoms in total.